The Labute approximate surface area is 204 Å². The third-order valence-electron chi connectivity index (χ3n) is 6.35. The summed E-state index contributed by atoms with van der Waals surface area (Å²) in [7, 11) is 1.46. The number of nitrogens with one attached hydrogen (secondary N) is 1. The van der Waals surface area contributed by atoms with Gasteiger partial charge in [-0.1, -0.05) is 36.4 Å². The number of Topliss-reactive ketones (excluding diaryl/α,β-unsaturated/α-hetero) is 1. The number of hydrogen-bond donors (Lipinski definition) is 2. The Morgan fingerprint density at radius 3 is 2.47 bits per heavy atom. The summed E-state index contributed by atoms with van der Waals surface area (Å²) in [5.41, 5.74) is 3.49. The van der Waals surface area contributed by atoms with Crippen molar-refractivity contribution in [1.29, 1.82) is 0 Å². The van der Waals surface area contributed by atoms with Crippen molar-refractivity contribution < 1.29 is 24.2 Å². The zero-order chi connectivity index (χ0) is 24.6. The van der Waals surface area contributed by atoms with Crippen molar-refractivity contribution in [2.24, 2.45) is 5.92 Å². The SMILES string of the molecule is C=C1NC2=C(C(=O)CC(c3ccc(Cl)cc3)C2)C(c2ccc(O)c(OC)c2)C1C(=O)OC(C)C. The number of aromatic hydroxyl groups is 1. The zero-order valence-corrected chi connectivity index (χ0v) is 20.2. The molecule has 0 amide bonds. The van der Waals surface area contributed by atoms with Gasteiger partial charge in [-0.2, -0.15) is 0 Å². The average molecular weight is 482 g/mol. The van der Waals surface area contributed by atoms with E-state index in [2.05, 4.69) is 11.9 Å². The van der Waals surface area contributed by atoms with Crippen molar-refractivity contribution in [2.75, 3.05) is 7.11 Å². The second kappa shape index (κ2) is 9.55. The Bertz CT molecular complexity index is 1170. The predicted molar refractivity (Wildman–Crippen MR) is 130 cm³/mol. The number of benzene rings is 2. The lowest BCUT2D eigenvalue weighted by atomic mass is 9.69. The number of phenols is 1. The Balaban J connectivity index is 1.81. The molecule has 2 aromatic rings. The van der Waals surface area contributed by atoms with Crippen molar-refractivity contribution in [1.82, 2.24) is 5.32 Å². The van der Waals surface area contributed by atoms with Crippen molar-refractivity contribution in [3.8, 4) is 11.5 Å². The third-order valence-corrected chi connectivity index (χ3v) is 6.60. The number of phenolic OH excluding ortho intramolecular Hbond substituents is 1. The van der Waals surface area contributed by atoms with Gasteiger partial charge in [-0.25, -0.2) is 0 Å². The van der Waals surface area contributed by atoms with Crippen molar-refractivity contribution in [2.45, 2.75) is 44.6 Å². The number of hydrogen-bond acceptors (Lipinski definition) is 6. The molecule has 1 aliphatic carbocycles. The number of ether oxygens (including phenoxy) is 2. The number of esters is 1. The molecule has 34 heavy (non-hydrogen) atoms. The van der Waals surface area contributed by atoms with Crippen molar-refractivity contribution >= 4 is 23.4 Å². The lowest BCUT2D eigenvalue weighted by molar-refractivity contribution is -0.151. The van der Waals surface area contributed by atoms with Crippen LogP contribution in [0, 0.1) is 5.92 Å². The molecule has 0 aromatic heterocycles. The minimum atomic E-state index is -0.800. The first-order chi connectivity index (χ1) is 16.2. The zero-order valence-electron chi connectivity index (χ0n) is 19.4. The highest BCUT2D eigenvalue weighted by Gasteiger charge is 2.45. The van der Waals surface area contributed by atoms with E-state index in [9.17, 15) is 14.7 Å². The van der Waals surface area contributed by atoms with E-state index in [1.807, 2.05) is 24.3 Å². The maximum atomic E-state index is 13.6. The minimum Gasteiger partial charge on any atom is -0.504 e. The largest absolute Gasteiger partial charge is 0.504 e. The molecule has 1 aliphatic heterocycles. The molecule has 2 aromatic carbocycles. The first kappa shape index (κ1) is 23.9. The Morgan fingerprint density at radius 2 is 1.82 bits per heavy atom. The smallest absolute Gasteiger partial charge is 0.316 e. The molecule has 0 bridgehead atoms. The minimum absolute atomic E-state index is 0.0158. The second-order valence-electron chi connectivity index (χ2n) is 8.99. The first-order valence-corrected chi connectivity index (χ1v) is 11.6. The van der Waals surface area contributed by atoms with E-state index in [-0.39, 0.29) is 29.3 Å². The fraction of sp³-hybridized carbons (Fsp3) is 0.333. The second-order valence-corrected chi connectivity index (χ2v) is 9.43. The molecule has 2 aliphatic rings. The Hall–Kier alpha value is -3.25. The average Bonchev–Trinajstić information content (AvgIpc) is 2.78. The molecule has 6 nitrogen and oxygen atoms in total. The van der Waals surface area contributed by atoms with Gasteiger partial charge in [0.25, 0.3) is 0 Å². The highest BCUT2D eigenvalue weighted by atomic mass is 35.5. The normalized spacial score (nSPS) is 22.3. The van der Waals surface area contributed by atoms with Crippen molar-refractivity contribution in [3.05, 3.63) is 82.2 Å². The van der Waals surface area contributed by atoms with Gasteiger partial charge in [0, 0.05) is 34.3 Å². The lowest BCUT2D eigenvalue weighted by Crippen LogP contribution is -2.42. The van der Waals surface area contributed by atoms with E-state index in [1.165, 1.54) is 13.2 Å². The quantitative estimate of drug-likeness (QED) is 0.569. The standard InChI is InChI=1S/C27H28ClNO5/c1-14(2)34-27(32)24-15(3)29-20-11-18(16-5-8-19(28)9-6-16)12-22(31)26(20)25(24)17-7-10-21(30)23(13-17)33-4/h5-10,13-14,18,24-25,29-30H,3,11-12H2,1-2,4H3. The first-order valence-electron chi connectivity index (χ1n) is 11.2. The summed E-state index contributed by atoms with van der Waals surface area (Å²) in [5.74, 6) is -1.67. The van der Waals surface area contributed by atoms with Crippen LogP contribution in [0.15, 0.2) is 66.0 Å². The van der Waals surface area contributed by atoms with E-state index >= 15 is 0 Å². The van der Waals surface area contributed by atoms with Gasteiger partial charge >= 0.3 is 5.97 Å². The highest BCUT2D eigenvalue weighted by molar-refractivity contribution is 6.30. The van der Waals surface area contributed by atoms with Gasteiger partial charge in [-0.15, -0.1) is 0 Å². The summed E-state index contributed by atoms with van der Waals surface area (Å²) in [6.45, 7) is 7.69. The molecular weight excluding hydrogens is 454 g/mol. The molecule has 4 rings (SSSR count). The molecule has 3 atom stereocenters. The number of halogens is 1. The van der Waals surface area contributed by atoms with E-state index in [0.29, 0.717) is 34.7 Å². The fourth-order valence-electron chi connectivity index (χ4n) is 4.85. The van der Waals surface area contributed by atoms with Gasteiger partial charge in [0.1, 0.15) is 5.92 Å². The van der Waals surface area contributed by atoms with Crippen LogP contribution in [0.4, 0.5) is 0 Å². The molecule has 7 heteroatoms. The molecule has 2 N–H and O–H groups in total. The van der Waals surface area contributed by atoms with Crippen LogP contribution in [-0.2, 0) is 14.3 Å². The van der Waals surface area contributed by atoms with Gasteiger partial charge in [-0.3, -0.25) is 9.59 Å². The molecule has 0 radical (unpaired) electrons. The molecule has 178 valence electrons. The Kier molecular flexibility index (Phi) is 6.71. The molecule has 0 spiro atoms. The third kappa shape index (κ3) is 4.55. The van der Waals surface area contributed by atoms with Gasteiger partial charge in [0.05, 0.1) is 13.2 Å². The summed E-state index contributed by atoms with van der Waals surface area (Å²) < 4.78 is 10.8. The maximum Gasteiger partial charge on any atom is 0.316 e. The van der Waals surface area contributed by atoms with E-state index in [4.69, 9.17) is 21.1 Å². The van der Waals surface area contributed by atoms with Crippen LogP contribution >= 0.6 is 11.6 Å². The Morgan fingerprint density at radius 1 is 1.15 bits per heavy atom. The van der Waals surface area contributed by atoms with Crippen LogP contribution < -0.4 is 10.1 Å². The molecule has 0 saturated heterocycles. The monoisotopic (exact) mass is 481 g/mol. The molecule has 0 fully saturated rings. The summed E-state index contributed by atoms with van der Waals surface area (Å²) in [6.07, 6.45) is 0.591. The summed E-state index contributed by atoms with van der Waals surface area (Å²) in [4.78, 5) is 26.8. The molecule has 0 saturated carbocycles. The van der Waals surface area contributed by atoms with E-state index < -0.39 is 17.8 Å². The number of methoxy groups -OCH3 is 1. The van der Waals surface area contributed by atoms with Gasteiger partial charge < -0.3 is 19.9 Å². The number of carbonyl (C=O) groups is 2. The van der Waals surface area contributed by atoms with Crippen LogP contribution in [0.3, 0.4) is 0 Å². The highest BCUT2D eigenvalue weighted by Crippen LogP contribution is 2.48. The molecule has 3 unspecified atom stereocenters. The van der Waals surface area contributed by atoms with E-state index in [1.54, 1.807) is 26.0 Å². The van der Waals surface area contributed by atoms with E-state index in [0.717, 1.165) is 11.3 Å². The van der Waals surface area contributed by atoms with Crippen LogP contribution in [-0.4, -0.2) is 30.1 Å². The molecule has 1 heterocycles. The number of ketones is 1. The number of allylic oxidation sites excluding steroid dienone is 2. The van der Waals surface area contributed by atoms with Crippen LogP contribution in [0.25, 0.3) is 0 Å². The lowest BCUT2D eigenvalue weighted by Gasteiger charge is -2.40. The fourth-order valence-corrected chi connectivity index (χ4v) is 4.98. The summed E-state index contributed by atoms with van der Waals surface area (Å²) in [6, 6.07) is 12.4. The van der Waals surface area contributed by atoms with Gasteiger partial charge in [-0.05, 0) is 61.6 Å². The topological polar surface area (TPSA) is 84.9 Å². The summed E-state index contributed by atoms with van der Waals surface area (Å²) >= 11 is 6.04. The predicted octanol–water partition coefficient (Wildman–Crippen LogP) is 5.22. The molecular formula is C27H28ClNO5. The number of carbonyl (C=O) groups excluding carboxylic acids is 2. The van der Waals surface area contributed by atoms with Crippen molar-refractivity contribution in [3.63, 3.8) is 0 Å². The van der Waals surface area contributed by atoms with Gasteiger partial charge in [0.15, 0.2) is 17.3 Å². The van der Waals surface area contributed by atoms with Crippen LogP contribution in [0.5, 0.6) is 11.5 Å². The van der Waals surface area contributed by atoms with Crippen LogP contribution in [0.2, 0.25) is 5.02 Å². The maximum absolute atomic E-state index is 13.6. The van der Waals surface area contributed by atoms with Gasteiger partial charge in [0.2, 0.25) is 0 Å². The number of rotatable bonds is 5. The summed E-state index contributed by atoms with van der Waals surface area (Å²) in [5, 5.41) is 14.0. The van der Waals surface area contributed by atoms with Crippen LogP contribution in [0.1, 0.15) is 49.7 Å².